The van der Waals surface area contributed by atoms with E-state index in [0.717, 1.165) is 18.7 Å². The number of hydrogen-bond acceptors (Lipinski definition) is 2. The van der Waals surface area contributed by atoms with Crippen LogP contribution in [-0.2, 0) is 0 Å². The average molecular weight is 259 g/mol. The van der Waals surface area contributed by atoms with Crippen LogP contribution in [0.15, 0.2) is 18.2 Å². The third kappa shape index (κ3) is 2.96. The largest absolute Gasteiger partial charge is 0.336 e. The Morgan fingerprint density at radius 2 is 2.06 bits per heavy atom. The van der Waals surface area contributed by atoms with Gasteiger partial charge in [-0.2, -0.15) is 0 Å². The van der Waals surface area contributed by atoms with Gasteiger partial charge >= 0.3 is 0 Å². The SMILES string of the molecule is Cc1cc(F)cc(C(=O)N(C)C2CNC2)c1.Cl. The van der Waals surface area contributed by atoms with Crippen molar-refractivity contribution in [3.8, 4) is 0 Å². The molecule has 1 N–H and O–H groups in total. The summed E-state index contributed by atoms with van der Waals surface area (Å²) in [6.07, 6.45) is 0. The molecular formula is C12H16ClFN2O. The lowest BCUT2D eigenvalue weighted by molar-refractivity contribution is 0.0680. The number of amides is 1. The third-order valence-corrected chi connectivity index (χ3v) is 2.92. The lowest BCUT2D eigenvalue weighted by Gasteiger charge is -2.35. The van der Waals surface area contributed by atoms with Gasteiger partial charge in [0.15, 0.2) is 0 Å². The van der Waals surface area contributed by atoms with Gasteiger partial charge in [0.05, 0.1) is 6.04 Å². The summed E-state index contributed by atoms with van der Waals surface area (Å²) in [6, 6.07) is 4.66. The lowest BCUT2D eigenvalue weighted by atomic mass is 10.1. The molecule has 0 aliphatic carbocycles. The van der Waals surface area contributed by atoms with E-state index >= 15 is 0 Å². The summed E-state index contributed by atoms with van der Waals surface area (Å²) in [6.45, 7) is 3.41. The maximum atomic E-state index is 13.2. The van der Waals surface area contributed by atoms with Gasteiger partial charge in [0, 0.05) is 25.7 Å². The number of rotatable bonds is 2. The summed E-state index contributed by atoms with van der Waals surface area (Å²) in [5, 5.41) is 3.10. The first kappa shape index (κ1) is 13.9. The van der Waals surface area contributed by atoms with E-state index in [4.69, 9.17) is 0 Å². The Balaban J connectivity index is 0.00000144. The second-order valence-corrected chi connectivity index (χ2v) is 4.25. The van der Waals surface area contributed by atoms with Crippen molar-refractivity contribution in [1.29, 1.82) is 0 Å². The standard InChI is InChI=1S/C12H15FN2O.ClH/c1-8-3-9(5-10(13)4-8)12(16)15(2)11-6-14-7-11;/h3-5,11,14H,6-7H2,1-2H3;1H. The molecule has 0 unspecified atom stereocenters. The Labute approximate surface area is 106 Å². The van der Waals surface area contributed by atoms with Crippen molar-refractivity contribution >= 4 is 18.3 Å². The zero-order valence-electron chi connectivity index (χ0n) is 9.87. The van der Waals surface area contributed by atoms with Crippen LogP contribution < -0.4 is 5.32 Å². The molecule has 17 heavy (non-hydrogen) atoms. The summed E-state index contributed by atoms with van der Waals surface area (Å²) in [7, 11) is 1.76. The molecule has 1 aliphatic rings. The van der Waals surface area contributed by atoms with Crippen molar-refractivity contribution in [2.75, 3.05) is 20.1 Å². The minimum absolute atomic E-state index is 0. The molecule has 0 atom stereocenters. The first-order chi connectivity index (χ1) is 7.58. The van der Waals surface area contributed by atoms with Crippen LogP contribution in [0.2, 0.25) is 0 Å². The highest BCUT2D eigenvalue weighted by molar-refractivity contribution is 5.94. The number of carbonyl (C=O) groups excluding carboxylic acids is 1. The minimum atomic E-state index is -0.358. The predicted octanol–water partition coefficient (Wildman–Crippen LogP) is 1.60. The maximum absolute atomic E-state index is 13.2. The molecule has 2 rings (SSSR count). The highest BCUT2D eigenvalue weighted by Crippen LogP contribution is 2.13. The summed E-state index contributed by atoms with van der Waals surface area (Å²) in [5.41, 5.74) is 1.19. The van der Waals surface area contributed by atoms with E-state index in [1.807, 2.05) is 0 Å². The van der Waals surface area contributed by atoms with Gasteiger partial charge in [-0.25, -0.2) is 4.39 Å². The fourth-order valence-electron chi connectivity index (χ4n) is 1.78. The normalized spacial score (nSPS) is 14.8. The Hall–Kier alpha value is -1.13. The zero-order valence-corrected chi connectivity index (χ0v) is 10.7. The molecule has 1 saturated heterocycles. The topological polar surface area (TPSA) is 32.3 Å². The molecule has 1 heterocycles. The smallest absolute Gasteiger partial charge is 0.254 e. The number of carbonyl (C=O) groups is 1. The molecule has 0 spiro atoms. The van der Waals surface area contributed by atoms with Crippen molar-refractivity contribution in [3.05, 3.63) is 35.1 Å². The number of likely N-dealkylation sites (N-methyl/N-ethyl adjacent to an activating group) is 1. The second kappa shape index (κ2) is 5.47. The number of aryl methyl sites for hydroxylation is 1. The molecule has 5 heteroatoms. The van der Waals surface area contributed by atoms with Gasteiger partial charge < -0.3 is 10.2 Å². The average Bonchev–Trinajstić information content (AvgIpc) is 2.12. The molecule has 0 bridgehead atoms. The predicted molar refractivity (Wildman–Crippen MR) is 67.1 cm³/mol. The van der Waals surface area contributed by atoms with Crippen LogP contribution >= 0.6 is 12.4 Å². The van der Waals surface area contributed by atoms with Gasteiger partial charge in [0.1, 0.15) is 5.82 Å². The van der Waals surface area contributed by atoms with Gasteiger partial charge in [0.2, 0.25) is 0 Å². The van der Waals surface area contributed by atoms with Crippen molar-refractivity contribution in [2.24, 2.45) is 0 Å². The Morgan fingerprint density at radius 3 is 2.53 bits per heavy atom. The van der Waals surface area contributed by atoms with Gasteiger partial charge in [-0.1, -0.05) is 0 Å². The summed E-state index contributed by atoms with van der Waals surface area (Å²) in [5.74, 6) is -0.474. The first-order valence-corrected chi connectivity index (χ1v) is 5.33. The minimum Gasteiger partial charge on any atom is -0.336 e. The zero-order chi connectivity index (χ0) is 11.7. The van der Waals surface area contributed by atoms with Crippen LogP contribution in [0.25, 0.3) is 0 Å². The summed E-state index contributed by atoms with van der Waals surface area (Å²) >= 11 is 0. The van der Waals surface area contributed by atoms with Crippen LogP contribution in [-0.4, -0.2) is 37.0 Å². The van der Waals surface area contributed by atoms with E-state index in [-0.39, 0.29) is 30.2 Å². The van der Waals surface area contributed by atoms with E-state index in [9.17, 15) is 9.18 Å². The fraction of sp³-hybridized carbons (Fsp3) is 0.417. The number of hydrogen-bond donors (Lipinski definition) is 1. The monoisotopic (exact) mass is 258 g/mol. The molecular weight excluding hydrogens is 243 g/mol. The van der Waals surface area contributed by atoms with E-state index in [1.54, 1.807) is 24.9 Å². The summed E-state index contributed by atoms with van der Waals surface area (Å²) in [4.78, 5) is 13.7. The van der Waals surface area contributed by atoms with E-state index in [2.05, 4.69) is 5.32 Å². The Kier molecular flexibility index (Phi) is 4.48. The number of nitrogens with zero attached hydrogens (tertiary/aromatic N) is 1. The second-order valence-electron chi connectivity index (χ2n) is 4.25. The van der Waals surface area contributed by atoms with Crippen molar-refractivity contribution in [2.45, 2.75) is 13.0 Å². The van der Waals surface area contributed by atoms with E-state index < -0.39 is 0 Å². The van der Waals surface area contributed by atoms with E-state index in [1.165, 1.54) is 12.1 Å². The van der Waals surface area contributed by atoms with Crippen LogP contribution in [0, 0.1) is 12.7 Å². The molecule has 1 amide bonds. The van der Waals surface area contributed by atoms with Gasteiger partial charge in [-0.15, -0.1) is 12.4 Å². The van der Waals surface area contributed by atoms with Crippen molar-refractivity contribution in [3.63, 3.8) is 0 Å². The van der Waals surface area contributed by atoms with Crippen LogP contribution in [0.3, 0.4) is 0 Å². The van der Waals surface area contributed by atoms with Crippen LogP contribution in [0.1, 0.15) is 15.9 Å². The Bertz CT molecular complexity index is 401. The van der Waals surface area contributed by atoms with Crippen LogP contribution in [0.4, 0.5) is 4.39 Å². The quantitative estimate of drug-likeness (QED) is 0.874. The molecule has 3 nitrogen and oxygen atoms in total. The highest BCUT2D eigenvalue weighted by atomic mass is 35.5. The molecule has 1 aromatic rings. The summed E-state index contributed by atoms with van der Waals surface area (Å²) < 4.78 is 13.2. The maximum Gasteiger partial charge on any atom is 0.254 e. The van der Waals surface area contributed by atoms with Crippen molar-refractivity contribution < 1.29 is 9.18 Å². The molecule has 1 fully saturated rings. The molecule has 1 aromatic carbocycles. The number of halogens is 2. The molecule has 0 aromatic heterocycles. The fourth-order valence-corrected chi connectivity index (χ4v) is 1.78. The molecule has 0 saturated carbocycles. The van der Waals surface area contributed by atoms with Gasteiger partial charge in [0.25, 0.3) is 5.91 Å². The first-order valence-electron chi connectivity index (χ1n) is 5.33. The van der Waals surface area contributed by atoms with Crippen LogP contribution in [0.5, 0.6) is 0 Å². The number of benzene rings is 1. The molecule has 1 aliphatic heterocycles. The van der Waals surface area contributed by atoms with E-state index in [0.29, 0.717) is 5.56 Å². The van der Waals surface area contributed by atoms with Gasteiger partial charge in [-0.05, 0) is 30.7 Å². The molecule has 0 radical (unpaired) electrons. The highest BCUT2D eigenvalue weighted by Gasteiger charge is 2.26. The molecule has 94 valence electrons. The van der Waals surface area contributed by atoms with Crippen molar-refractivity contribution in [1.82, 2.24) is 10.2 Å². The van der Waals surface area contributed by atoms with Gasteiger partial charge in [-0.3, -0.25) is 4.79 Å². The lowest BCUT2D eigenvalue weighted by Crippen LogP contribution is -2.57. The third-order valence-electron chi connectivity index (χ3n) is 2.92. The number of nitrogens with one attached hydrogen (secondary N) is 1. The Morgan fingerprint density at radius 1 is 1.41 bits per heavy atom.